The van der Waals surface area contributed by atoms with E-state index < -0.39 is 0 Å². The molecular formula is C13H14BrN5. The Labute approximate surface area is 119 Å². The first-order chi connectivity index (χ1) is 9.24. The maximum atomic E-state index is 6.00. The lowest BCUT2D eigenvalue weighted by Gasteiger charge is -2.18. The van der Waals surface area contributed by atoms with E-state index in [1.165, 1.54) is 0 Å². The Morgan fingerprint density at radius 3 is 2.95 bits per heavy atom. The van der Waals surface area contributed by atoms with Crippen LogP contribution < -0.4 is 16.4 Å². The predicted octanol–water partition coefficient (Wildman–Crippen LogP) is 2.21. The number of hydrogen-bond donors (Lipinski definition) is 3. The van der Waals surface area contributed by atoms with Gasteiger partial charge in [0.1, 0.15) is 5.82 Å². The minimum absolute atomic E-state index is 0.534. The van der Waals surface area contributed by atoms with Crippen LogP contribution in [0.5, 0.6) is 0 Å². The van der Waals surface area contributed by atoms with Crippen LogP contribution >= 0.6 is 15.9 Å². The van der Waals surface area contributed by atoms with E-state index in [2.05, 4.69) is 36.5 Å². The minimum atomic E-state index is 0.534. The zero-order chi connectivity index (χ0) is 13.2. The van der Waals surface area contributed by atoms with Crippen molar-refractivity contribution < 1.29 is 0 Å². The van der Waals surface area contributed by atoms with Gasteiger partial charge < -0.3 is 16.4 Å². The maximum absolute atomic E-state index is 6.00. The molecule has 4 N–H and O–H groups in total. The predicted molar refractivity (Wildman–Crippen MR) is 79.3 cm³/mol. The van der Waals surface area contributed by atoms with Gasteiger partial charge >= 0.3 is 0 Å². The monoisotopic (exact) mass is 319 g/mol. The smallest absolute Gasteiger partial charge is 0.229 e. The number of aromatic nitrogens is 2. The molecule has 2 heterocycles. The fraction of sp³-hybridized carbons (Fsp3) is 0.231. The molecule has 0 atom stereocenters. The van der Waals surface area contributed by atoms with Crippen molar-refractivity contribution in [3.8, 4) is 0 Å². The quantitative estimate of drug-likeness (QED) is 0.791. The Bertz CT molecular complexity index is 614. The van der Waals surface area contributed by atoms with Gasteiger partial charge in [-0.15, -0.1) is 0 Å². The number of halogens is 1. The highest BCUT2D eigenvalue weighted by molar-refractivity contribution is 9.10. The number of nitrogens with zero attached hydrogens (tertiary/aromatic N) is 2. The highest BCUT2D eigenvalue weighted by Gasteiger charge is 2.16. The summed E-state index contributed by atoms with van der Waals surface area (Å²) in [5.41, 5.74) is 8.97. The van der Waals surface area contributed by atoms with E-state index in [9.17, 15) is 0 Å². The van der Waals surface area contributed by atoms with Crippen molar-refractivity contribution in [1.29, 1.82) is 0 Å². The number of rotatable bonds is 2. The van der Waals surface area contributed by atoms with Crippen LogP contribution in [0.4, 0.5) is 17.5 Å². The van der Waals surface area contributed by atoms with Crippen molar-refractivity contribution in [3.05, 3.63) is 40.0 Å². The molecule has 0 spiro atoms. The van der Waals surface area contributed by atoms with Crippen LogP contribution in [-0.4, -0.2) is 16.5 Å². The molecule has 0 unspecified atom stereocenters. The lowest BCUT2D eigenvalue weighted by molar-refractivity contribution is 0.626. The van der Waals surface area contributed by atoms with Crippen molar-refractivity contribution in [3.63, 3.8) is 0 Å². The summed E-state index contributed by atoms with van der Waals surface area (Å²) in [6, 6.07) is 7.84. The number of nitrogen functional groups attached to an aromatic ring is 1. The molecule has 5 nitrogen and oxygen atoms in total. The normalized spacial score (nSPS) is 13.9. The molecule has 6 heteroatoms. The topological polar surface area (TPSA) is 75.9 Å². The van der Waals surface area contributed by atoms with Crippen molar-refractivity contribution in [2.75, 3.05) is 17.6 Å². The van der Waals surface area contributed by atoms with E-state index in [0.29, 0.717) is 11.8 Å². The summed E-state index contributed by atoms with van der Waals surface area (Å²) >= 11 is 3.49. The largest absolute Gasteiger partial charge is 0.383 e. The van der Waals surface area contributed by atoms with Crippen LogP contribution in [0, 0.1) is 0 Å². The molecule has 19 heavy (non-hydrogen) atoms. The Kier molecular flexibility index (Phi) is 3.35. The maximum Gasteiger partial charge on any atom is 0.229 e. The fourth-order valence-electron chi connectivity index (χ4n) is 2.13. The van der Waals surface area contributed by atoms with Gasteiger partial charge in [0.2, 0.25) is 5.95 Å². The Morgan fingerprint density at radius 2 is 2.11 bits per heavy atom. The molecular weight excluding hydrogens is 306 g/mol. The molecule has 0 radical (unpaired) electrons. The van der Waals surface area contributed by atoms with E-state index in [-0.39, 0.29) is 0 Å². The molecule has 0 saturated heterocycles. The van der Waals surface area contributed by atoms with Gasteiger partial charge in [-0.2, -0.15) is 4.98 Å². The molecule has 2 aromatic rings. The van der Waals surface area contributed by atoms with Gasteiger partial charge in [-0.3, -0.25) is 0 Å². The first-order valence-corrected chi connectivity index (χ1v) is 6.91. The van der Waals surface area contributed by atoms with Gasteiger partial charge in [-0.25, -0.2) is 4.98 Å². The van der Waals surface area contributed by atoms with Crippen molar-refractivity contribution >= 4 is 33.4 Å². The molecule has 1 aromatic carbocycles. The van der Waals surface area contributed by atoms with Crippen LogP contribution in [0.25, 0.3) is 0 Å². The van der Waals surface area contributed by atoms with Crippen molar-refractivity contribution in [1.82, 2.24) is 15.3 Å². The van der Waals surface area contributed by atoms with E-state index >= 15 is 0 Å². The van der Waals surface area contributed by atoms with Gasteiger partial charge in [-0.05, 0) is 41.0 Å². The number of benzene rings is 1. The third kappa shape index (κ3) is 2.54. The highest BCUT2D eigenvalue weighted by atomic mass is 79.9. The Hall–Kier alpha value is -1.66. The lowest BCUT2D eigenvalue weighted by atomic mass is 10.1. The third-order valence-electron chi connectivity index (χ3n) is 3.09. The first-order valence-electron chi connectivity index (χ1n) is 6.11. The summed E-state index contributed by atoms with van der Waals surface area (Å²) in [4.78, 5) is 8.85. The average molecular weight is 320 g/mol. The van der Waals surface area contributed by atoms with Crippen LogP contribution in [0.3, 0.4) is 0 Å². The second kappa shape index (κ2) is 5.14. The van der Waals surface area contributed by atoms with Gasteiger partial charge in [0.25, 0.3) is 0 Å². The molecule has 1 aliphatic rings. The van der Waals surface area contributed by atoms with Crippen molar-refractivity contribution in [2.45, 2.75) is 13.0 Å². The summed E-state index contributed by atoms with van der Waals surface area (Å²) in [5, 5.41) is 6.47. The summed E-state index contributed by atoms with van der Waals surface area (Å²) in [6.45, 7) is 1.67. The number of nitrogens with two attached hydrogens (primary N) is 1. The summed E-state index contributed by atoms with van der Waals surface area (Å²) in [6.07, 6.45) is 0.885. The summed E-state index contributed by atoms with van der Waals surface area (Å²) in [5.74, 6) is 1.10. The molecule has 3 rings (SSSR count). The summed E-state index contributed by atoms with van der Waals surface area (Å²) < 4.78 is 0.966. The van der Waals surface area contributed by atoms with E-state index in [1.807, 2.05) is 24.3 Å². The molecule has 0 bridgehead atoms. The zero-order valence-electron chi connectivity index (χ0n) is 10.3. The minimum Gasteiger partial charge on any atom is -0.383 e. The average Bonchev–Trinajstić information content (AvgIpc) is 2.42. The molecule has 0 saturated carbocycles. The lowest BCUT2D eigenvalue weighted by Crippen LogP contribution is -2.26. The highest BCUT2D eigenvalue weighted by Crippen LogP contribution is 2.26. The molecule has 0 fully saturated rings. The van der Waals surface area contributed by atoms with E-state index in [1.54, 1.807) is 0 Å². The molecule has 1 aromatic heterocycles. The fourth-order valence-corrected chi connectivity index (χ4v) is 2.51. The third-order valence-corrected chi connectivity index (χ3v) is 3.78. The van der Waals surface area contributed by atoms with E-state index in [0.717, 1.165) is 40.9 Å². The SMILES string of the molecule is Nc1nc(Nc2ccccc2Br)nc2c1CCNC2. The molecule has 0 aliphatic carbocycles. The number of para-hydroxylation sites is 1. The van der Waals surface area contributed by atoms with Gasteiger partial charge in [0.15, 0.2) is 0 Å². The van der Waals surface area contributed by atoms with Crippen LogP contribution in [0.15, 0.2) is 28.7 Å². The Morgan fingerprint density at radius 1 is 1.26 bits per heavy atom. The van der Waals surface area contributed by atoms with Gasteiger partial charge in [0.05, 0.1) is 11.4 Å². The molecule has 98 valence electrons. The standard InChI is InChI=1S/C13H14BrN5/c14-9-3-1-2-4-10(9)17-13-18-11-7-16-6-5-8(11)12(15)19-13/h1-4,16H,5-7H2,(H3,15,17,18,19). The van der Waals surface area contributed by atoms with Gasteiger partial charge in [-0.1, -0.05) is 12.1 Å². The summed E-state index contributed by atoms with van der Waals surface area (Å²) in [7, 11) is 0. The van der Waals surface area contributed by atoms with E-state index in [4.69, 9.17) is 5.73 Å². The first kappa shape index (κ1) is 12.4. The van der Waals surface area contributed by atoms with Crippen molar-refractivity contribution in [2.24, 2.45) is 0 Å². The number of anilines is 3. The zero-order valence-corrected chi connectivity index (χ0v) is 11.9. The number of nitrogens with one attached hydrogen (secondary N) is 2. The molecule has 0 amide bonds. The second-order valence-electron chi connectivity index (χ2n) is 4.39. The van der Waals surface area contributed by atoms with Crippen LogP contribution in [-0.2, 0) is 13.0 Å². The number of fused-ring (bicyclic) bond motifs is 1. The molecule has 1 aliphatic heterocycles. The van der Waals surface area contributed by atoms with Crippen LogP contribution in [0.2, 0.25) is 0 Å². The number of hydrogen-bond acceptors (Lipinski definition) is 5. The second-order valence-corrected chi connectivity index (χ2v) is 5.24. The van der Waals surface area contributed by atoms with Crippen LogP contribution in [0.1, 0.15) is 11.3 Å². The Balaban J connectivity index is 1.94. The van der Waals surface area contributed by atoms with Gasteiger partial charge in [0, 0.05) is 16.6 Å².